The molecule has 0 saturated carbocycles. The minimum absolute atomic E-state index is 0.508. The van der Waals surface area contributed by atoms with Gasteiger partial charge in [-0.2, -0.15) is 0 Å². The van der Waals surface area contributed by atoms with Crippen LogP contribution in [0.25, 0.3) is 0 Å². The van der Waals surface area contributed by atoms with Crippen molar-refractivity contribution in [1.82, 2.24) is 0 Å². The number of allylic oxidation sites excluding steroid dienone is 4. The van der Waals surface area contributed by atoms with Gasteiger partial charge in [0.05, 0.1) is 0 Å². The van der Waals surface area contributed by atoms with Crippen molar-refractivity contribution in [3.05, 3.63) is 57.7 Å². The van der Waals surface area contributed by atoms with Crippen molar-refractivity contribution in [3.8, 4) is 0 Å². The first-order valence-corrected chi connectivity index (χ1v) is 7.43. The minimum atomic E-state index is -0.557. The van der Waals surface area contributed by atoms with Crippen molar-refractivity contribution < 1.29 is 8.78 Å². The lowest BCUT2D eigenvalue weighted by atomic mass is 10.1. The Balaban J connectivity index is 2.61. The molecule has 1 nitrogen and oxygen atoms in total. The van der Waals surface area contributed by atoms with Crippen LogP contribution in [0.1, 0.15) is 32.3 Å². The Bertz CT molecular complexity index is 487. The zero-order chi connectivity index (χ0) is 15.1. The smallest absolute Gasteiger partial charge is 0.126 e. The lowest BCUT2D eigenvalue weighted by Gasteiger charge is -2.05. The summed E-state index contributed by atoms with van der Waals surface area (Å²) in [5.41, 5.74) is 7.24. The van der Waals surface area contributed by atoms with Crippen molar-refractivity contribution in [2.45, 2.75) is 33.1 Å². The molecule has 4 heteroatoms. The molecule has 0 saturated heterocycles. The Labute approximate surface area is 127 Å². The van der Waals surface area contributed by atoms with Gasteiger partial charge in [0.1, 0.15) is 11.6 Å². The maximum Gasteiger partial charge on any atom is 0.126 e. The van der Waals surface area contributed by atoms with Crippen molar-refractivity contribution in [1.29, 1.82) is 0 Å². The zero-order valence-electron chi connectivity index (χ0n) is 11.8. The van der Waals surface area contributed by atoms with Crippen LogP contribution in [0.3, 0.4) is 0 Å². The second-order valence-electron chi connectivity index (χ2n) is 5.18. The molecule has 110 valence electrons. The number of halogens is 3. The van der Waals surface area contributed by atoms with Crippen LogP contribution in [0.4, 0.5) is 8.78 Å². The fraction of sp³-hybridized carbons (Fsp3) is 0.375. The summed E-state index contributed by atoms with van der Waals surface area (Å²) in [6, 6.07) is 3.53. The highest BCUT2D eigenvalue weighted by Gasteiger charge is 2.03. The molecule has 0 fully saturated rings. The molecule has 0 aromatic heterocycles. The largest absolute Gasteiger partial charge is 0.401 e. The van der Waals surface area contributed by atoms with E-state index in [9.17, 15) is 8.78 Å². The third kappa shape index (κ3) is 6.33. The number of hydrogen-bond donors (Lipinski definition) is 1. The van der Waals surface area contributed by atoms with Crippen LogP contribution in [0.15, 0.2) is 40.5 Å². The molecule has 0 aliphatic rings. The van der Waals surface area contributed by atoms with Crippen molar-refractivity contribution in [3.63, 3.8) is 0 Å². The van der Waals surface area contributed by atoms with Gasteiger partial charge in [0.2, 0.25) is 0 Å². The summed E-state index contributed by atoms with van der Waals surface area (Å²) in [5.74, 6) is -0.514. The van der Waals surface area contributed by atoms with Crippen molar-refractivity contribution >= 4 is 15.9 Å². The molecule has 0 atom stereocenters. The number of nitrogens with two attached hydrogens (primary N) is 1. The first-order chi connectivity index (χ1) is 9.38. The Morgan fingerprint density at radius 2 is 1.85 bits per heavy atom. The normalized spacial score (nSPS) is 13.1. The molecule has 0 spiro atoms. The maximum absolute atomic E-state index is 13.0. The molecular formula is C16H20BrF2N. The average Bonchev–Trinajstić information content (AvgIpc) is 2.34. The van der Waals surface area contributed by atoms with E-state index >= 15 is 0 Å². The van der Waals surface area contributed by atoms with E-state index in [-0.39, 0.29) is 0 Å². The van der Waals surface area contributed by atoms with E-state index in [1.54, 1.807) is 0 Å². The van der Waals surface area contributed by atoms with Crippen LogP contribution in [0.2, 0.25) is 0 Å². The van der Waals surface area contributed by atoms with E-state index in [2.05, 4.69) is 35.9 Å². The number of aryl methyl sites for hydroxylation is 1. The predicted molar refractivity (Wildman–Crippen MR) is 83.4 cm³/mol. The van der Waals surface area contributed by atoms with Gasteiger partial charge in [0.15, 0.2) is 0 Å². The monoisotopic (exact) mass is 343 g/mol. The first-order valence-electron chi connectivity index (χ1n) is 6.64. The van der Waals surface area contributed by atoms with Gasteiger partial charge in [-0.05, 0) is 58.8 Å². The van der Waals surface area contributed by atoms with Gasteiger partial charge in [-0.1, -0.05) is 26.0 Å². The van der Waals surface area contributed by atoms with Crippen LogP contribution < -0.4 is 5.73 Å². The maximum atomic E-state index is 13.0. The lowest BCUT2D eigenvalue weighted by Crippen LogP contribution is -2.01. The van der Waals surface area contributed by atoms with E-state index in [1.165, 1.54) is 12.1 Å². The molecule has 0 aliphatic heterocycles. The molecule has 0 heterocycles. The van der Waals surface area contributed by atoms with E-state index in [4.69, 9.17) is 5.73 Å². The summed E-state index contributed by atoms with van der Waals surface area (Å²) in [7, 11) is 0. The first kappa shape index (κ1) is 16.9. The van der Waals surface area contributed by atoms with Gasteiger partial charge < -0.3 is 5.73 Å². The molecule has 0 radical (unpaired) electrons. The summed E-state index contributed by atoms with van der Waals surface area (Å²) in [6.45, 7) is 4.29. The van der Waals surface area contributed by atoms with Crippen LogP contribution in [-0.4, -0.2) is 0 Å². The zero-order valence-corrected chi connectivity index (χ0v) is 13.4. The Hall–Kier alpha value is -1.16. The van der Waals surface area contributed by atoms with Crippen LogP contribution in [0, 0.1) is 17.6 Å². The summed E-state index contributed by atoms with van der Waals surface area (Å²) in [5, 5.41) is 0. The Morgan fingerprint density at radius 1 is 1.25 bits per heavy atom. The molecule has 2 N–H and O–H groups in total. The molecule has 0 aliphatic carbocycles. The highest BCUT2D eigenvalue weighted by Crippen LogP contribution is 2.17. The van der Waals surface area contributed by atoms with E-state index < -0.39 is 11.6 Å². The SMILES string of the molecule is CC(C)C/C=C\C(Br)=C(/N)CCc1cc(F)cc(F)c1. The Morgan fingerprint density at radius 3 is 2.40 bits per heavy atom. The standard InChI is InChI=1S/C16H20BrF2N/c1-11(2)4-3-5-15(17)16(20)7-6-12-8-13(18)10-14(19)9-12/h3,5,8-11H,4,6-7,20H2,1-2H3/b5-3-,16-15+. The second-order valence-corrected chi connectivity index (χ2v) is 6.04. The topological polar surface area (TPSA) is 26.0 Å². The highest BCUT2D eigenvalue weighted by molar-refractivity contribution is 9.11. The summed E-state index contributed by atoms with van der Waals surface area (Å²) < 4.78 is 26.9. The molecule has 1 rings (SSSR count). The Kier molecular flexibility index (Phi) is 6.93. The summed E-state index contributed by atoms with van der Waals surface area (Å²) in [4.78, 5) is 0. The van der Waals surface area contributed by atoms with Gasteiger partial charge in [-0.3, -0.25) is 0 Å². The van der Waals surface area contributed by atoms with E-state index in [0.29, 0.717) is 30.0 Å². The van der Waals surface area contributed by atoms with Gasteiger partial charge in [0, 0.05) is 16.2 Å². The minimum Gasteiger partial charge on any atom is -0.401 e. The van der Waals surface area contributed by atoms with E-state index in [1.807, 2.05) is 6.08 Å². The average molecular weight is 344 g/mol. The predicted octanol–water partition coefficient (Wildman–Crippen LogP) is 5.06. The fourth-order valence-corrected chi connectivity index (χ4v) is 2.09. The van der Waals surface area contributed by atoms with E-state index in [0.717, 1.165) is 17.0 Å². The molecule has 20 heavy (non-hydrogen) atoms. The van der Waals surface area contributed by atoms with Crippen LogP contribution >= 0.6 is 15.9 Å². The highest BCUT2D eigenvalue weighted by atomic mass is 79.9. The quantitative estimate of drug-likeness (QED) is 0.717. The molecular weight excluding hydrogens is 324 g/mol. The summed E-state index contributed by atoms with van der Waals surface area (Å²) >= 11 is 3.42. The third-order valence-electron chi connectivity index (χ3n) is 2.78. The van der Waals surface area contributed by atoms with Crippen molar-refractivity contribution in [2.75, 3.05) is 0 Å². The molecule has 1 aromatic carbocycles. The number of rotatable bonds is 6. The lowest BCUT2D eigenvalue weighted by molar-refractivity contribution is 0.579. The molecule has 1 aromatic rings. The second kappa shape index (κ2) is 8.20. The summed E-state index contributed by atoms with van der Waals surface area (Å²) in [6.07, 6.45) is 6.03. The van der Waals surface area contributed by atoms with Gasteiger partial charge in [-0.15, -0.1) is 0 Å². The van der Waals surface area contributed by atoms with Gasteiger partial charge in [-0.25, -0.2) is 8.78 Å². The molecule has 0 amide bonds. The number of benzene rings is 1. The van der Waals surface area contributed by atoms with Gasteiger partial charge in [0.25, 0.3) is 0 Å². The van der Waals surface area contributed by atoms with Crippen molar-refractivity contribution in [2.24, 2.45) is 11.7 Å². The van der Waals surface area contributed by atoms with Gasteiger partial charge >= 0.3 is 0 Å². The number of hydrogen-bond acceptors (Lipinski definition) is 1. The van der Waals surface area contributed by atoms with Crippen LogP contribution in [0.5, 0.6) is 0 Å². The fourth-order valence-electron chi connectivity index (χ4n) is 1.70. The third-order valence-corrected chi connectivity index (χ3v) is 3.56. The molecule has 0 unspecified atom stereocenters. The van der Waals surface area contributed by atoms with Crippen LogP contribution in [-0.2, 0) is 6.42 Å². The molecule has 0 bridgehead atoms.